The molecule has 1 saturated carbocycles. The molecule has 1 nitrogen and oxygen atoms in total. The van der Waals surface area contributed by atoms with E-state index in [4.69, 9.17) is 0 Å². The lowest BCUT2D eigenvalue weighted by molar-refractivity contribution is 0.286. The molecule has 0 saturated heterocycles. The van der Waals surface area contributed by atoms with Gasteiger partial charge in [0.1, 0.15) is 5.82 Å². The molecule has 1 aromatic carbocycles. The fourth-order valence-electron chi connectivity index (χ4n) is 2.16. The molecule has 1 unspecified atom stereocenters. The van der Waals surface area contributed by atoms with E-state index in [-0.39, 0.29) is 5.82 Å². The van der Waals surface area contributed by atoms with Crippen molar-refractivity contribution in [3.05, 3.63) is 28.5 Å². The molecule has 0 radical (unpaired) electrons. The summed E-state index contributed by atoms with van der Waals surface area (Å²) in [6, 6.07) is 5.62. The Morgan fingerprint density at radius 3 is 2.81 bits per heavy atom. The molecule has 0 heterocycles. The lowest BCUT2D eigenvalue weighted by atomic mass is 9.81. The standard InChI is InChI=1S/C13H17BrFN/c1-9(7-10-3-2-4-10)16-11-5-6-12(14)13(15)8-11/h5-6,8-10,16H,2-4,7H2,1H3. The normalized spacial score (nSPS) is 17.9. The quantitative estimate of drug-likeness (QED) is 0.854. The molecule has 1 aliphatic carbocycles. The average Bonchev–Trinajstić information content (AvgIpc) is 2.18. The first-order valence-corrected chi connectivity index (χ1v) is 6.66. The van der Waals surface area contributed by atoms with Gasteiger partial charge >= 0.3 is 0 Å². The van der Waals surface area contributed by atoms with Crippen LogP contribution in [0.5, 0.6) is 0 Å². The smallest absolute Gasteiger partial charge is 0.139 e. The van der Waals surface area contributed by atoms with Crippen LogP contribution in [-0.2, 0) is 0 Å². The first kappa shape index (κ1) is 11.9. The van der Waals surface area contributed by atoms with Crippen LogP contribution in [0.2, 0.25) is 0 Å². The predicted molar refractivity (Wildman–Crippen MR) is 69.1 cm³/mol. The summed E-state index contributed by atoms with van der Waals surface area (Å²) in [6.45, 7) is 2.16. The lowest BCUT2D eigenvalue weighted by Crippen LogP contribution is -2.23. The van der Waals surface area contributed by atoms with Gasteiger partial charge in [-0.25, -0.2) is 4.39 Å². The molecule has 1 atom stereocenters. The third kappa shape index (κ3) is 2.97. The number of nitrogens with one attached hydrogen (secondary N) is 1. The lowest BCUT2D eigenvalue weighted by Gasteiger charge is -2.28. The van der Waals surface area contributed by atoms with E-state index in [9.17, 15) is 4.39 Å². The Morgan fingerprint density at radius 2 is 2.25 bits per heavy atom. The van der Waals surface area contributed by atoms with Gasteiger partial charge in [-0.15, -0.1) is 0 Å². The largest absolute Gasteiger partial charge is 0.382 e. The molecule has 0 spiro atoms. The maximum Gasteiger partial charge on any atom is 0.139 e. The van der Waals surface area contributed by atoms with Crippen LogP contribution in [0.1, 0.15) is 32.6 Å². The van der Waals surface area contributed by atoms with Crippen LogP contribution in [0.3, 0.4) is 0 Å². The molecule has 2 rings (SSSR count). The van der Waals surface area contributed by atoms with Crippen molar-refractivity contribution in [1.82, 2.24) is 0 Å². The highest BCUT2D eigenvalue weighted by Gasteiger charge is 2.19. The molecule has 1 aromatic rings. The summed E-state index contributed by atoms with van der Waals surface area (Å²) in [5.41, 5.74) is 0.868. The number of rotatable bonds is 4. The van der Waals surface area contributed by atoms with Crippen molar-refractivity contribution in [3.63, 3.8) is 0 Å². The van der Waals surface area contributed by atoms with E-state index in [2.05, 4.69) is 28.2 Å². The maximum atomic E-state index is 13.3. The van der Waals surface area contributed by atoms with Crippen LogP contribution in [0.25, 0.3) is 0 Å². The van der Waals surface area contributed by atoms with Gasteiger partial charge < -0.3 is 5.32 Å². The minimum atomic E-state index is -0.208. The van der Waals surface area contributed by atoms with E-state index < -0.39 is 0 Å². The number of benzene rings is 1. The van der Waals surface area contributed by atoms with Crippen LogP contribution in [0, 0.1) is 11.7 Å². The van der Waals surface area contributed by atoms with Crippen LogP contribution in [-0.4, -0.2) is 6.04 Å². The third-order valence-corrected chi connectivity index (χ3v) is 3.89. The van der Waals surface area contributed by atoms with Crippen molar-refractivity contribution >= 4 is 21.6 Å². The Bertz CT molecular complexity index is 363. The zero-order valence-corrected chi connectivity index (χ0v) is 11.1. The topological polar surface area (TPSA) is 12.0 Å². The van der Waals surface area contributed by atoms with Gasteiger partial charge in [0.2, 0.25) is 0 Å². The van der Waals surface area contributed by atoms with Gasteiger partial charge in [0, 0.05) is 11.7 Å². The molecule has 0 amide bonds. The van der Waals surface area contributed by atoms with Crippen molar-refractivity contribution in [2.45, 2.75) is 38.6 Å². The van der Waals surface area contributed by atoms with Gasteiger partial charge in [-0.1, -0.05) is 19.3 Å². The minimum absolute atomic E-state index is 0.208. The van der Waals surface area contributed by atoms with Gasteiger partial charge in [0.05, 0.1) is 4.47 Å². The van der Waals surface area contributed by atoms with Gasteiger partial charge in [-0.3, -0.25) is 0 Å². The fourth-order valence-corrected chi connectivity index (χ4v) is 2.40. The summed E-state index contributed by atoms with van der Waals surface area (Å²) < 4.78 is 13.8. The van der Waals surface area contributed by atoms with Crippen LogP contribution >= 0.6 is 15.9 Å². The zero-order chi connectivity index (χ0) is 11.5. The highest BCUT2D eigenvalue weighted by atomic mass is 79.9. The van der Waals surface area contributed by atoms with E-state index in [1.54, 1.807) is 12.1 Å². The van der Waals surface area contributed by atoms with Crippen LogP contribution in [0.15, 0.2) is 22.7 Å². The first-order valence-electron chi connectivity index (χ1n) is 5.87. The zero-order valence-electron chi connectivity index (χ0n) is 9.47. The highest BCUT2D eigenvalue weighted by molar-refractivity contribution is 9.10. The van der Waals surface area contributed by atoms with Gasteiger partial charge in [-0.05, 0) is 53.4 Å². The molecule has 0 aromatic heterocycles. The SMILES string of the molecule is CC(CC1CCC1)Nc1ccc(Br)c(F)c1. The van der Waals surface area contributed by atoms with Crippen molar-refractivity contribution < 1.29 is 4.39 Å². The van der Waals surface area contributed by atoms with Crippen molar-refractivity contribution in [3.8, 4) is 0 Å². The van der Waals surface area contributed by atoms with E-state index in [0.717, 1.165) is 11.6 Å². The summed E-state index contributed by atoms with van der Waals surface area (Å²) in [4.78, 5) is 0. The van der Waals surface area contributed by atoms with Crippen molar-refractivity contribution in [2.75, 3.05) is 5.32 Å². The summed E-state index contributed by atoms with van der Waals surface area (Å²) in [7, 11) is 0. The number of hydrogen-bond donors (Lipinski definition) is 1. The van der Waals surface area contributed by atoms with E-state index in [1.807, 2.05) is 6.07 Å². The van der Waals surface area contributed by atoms with Gasteiger partial charge in [-0.2, -0.15) is 0 Å². The Balaban J connectivity index is 1.89. The Morgan fingerprint density at radius 1 is 1.50 bits per heavy atom. The Hall–Kier alpha value is -0.570. The summed E-state index contributed by atoms with van der Waals surface area (Å²) >= 11 is 3.15. The molecule has 16 heavy (non-hydrogen) atoms. The van der Waals surface area contributed by atoms with Gasteiger partial charge in [0.15, 0.2) is 0 Å². The second-order valence-electron chi connectivity index (χ2n) is 4.71. The minimum Gasteiger partial charge on any atom is -0.382 e. The molecule has 3 heteroatoms. The monoisotopic (exact) mass is 285 g/mol. The Labute approximate surface area is 105 Å². The summed E-state index contributed by atoms with van der Waals surface area (Å²) in [5.74, 6) is 0.670. The number of anilines is 1. The van der Waals surface area contributed by atoms with E-state index in [0.29, 0.717) is 10.5 Å². The van der Waals surface area contributed by atoms with Crippen LogP contribution in [0.4, 0.5) is 10.1 Å². The number of halogens is 2. The molecule has 0 aliphatic heterocycles. The second kappa shape index (κ2) is 5.17. The molecular weight excluding hydrogens is 269 g/mol. The summed E-state index contributed by atoms with van der Waals surface area (Å²) in [5, 5.41) is 3.35. The fraction of sp³-hybridized carbons (Fsp3) is 0.538. The maximum absolute atomic E-state index is 13.3. The van der Waals surface area contributed by atoms with E-state index >= 15 is 0 Å². The molecule has 1 fully saturated rings. The molecule has 88 valence electrons. The van der Waals surface area contributed by atoms with Crippen molar-refractivity contribution in [1.29, 1.82) is 0 Å². The molecule has 1 N–H and O–H groups in total. The molecule has 1 aliphatic rings. The Kier molecular flexibility index (Phi) is 3.85. The third-order valence-electron chi connectivity index (χ3n) is 3.24. The van der Waals surface area contributed by atoms with E-state index in [1.165, 1.54) is 25.7 Å². The average molecular weight is 286 g/mol. The number of hydrogen-bond acceptors (Lipinski definition) is 1. The highest BCUT2D eigenvalue weighted by Crippen LogP contribution is 2.31. The first-order chi connectivity index (χ1) is 7.65. The van der Waals surface area contributed by atoms with Gasteiger partial charge in [0.25, 0.3) is 0 Å². The second-order valence-corrected chi connectivity index (χ2v) is 5.56. The predicted octanol–water partition coefficient (Wildman–Crippen LogP) is 4.58. The summed E-state index contributed by atoms with van der Waals surface area (Å²) in [6.07, 6.45) is 5.30. The molecular formula is C13H17BrFN. The molecule has 0 bridgehead atoms. The van der Waals surface area contributed by atoms with Crippen molar-refractivity contribution in [2.24, 2.45) is 5.92 Å². The van der Waals surface area contributed by atoms with Crippen LogP contribution < -0.4 is 5.32 Å².